The molecule has 0 amide bonds. The van der Waals surface area contributed by atoms with Crippen LogP contribution >= 0.6 is 11.6 Å². The number of benzene rings is 1. The number of rotatable bonds is 1. The minimum absolute atomic E-state index is 0.261. The number of halogens is 2. The van der Waals surface area contributed by atoms with Gasteiger partial charge >= 0.3 is 0 Å². The standard InChI is InChI=1S/C15H16ClFN2/c1-18-14-9-5-3-2-4-6-12(9)19-15-10(16)7-8-11(17)13(14)15/h7-8H,2-6H2,1H3,(H,18,19). The molecule has 2 nitrogen and oxygen atoms in total. The van der Waals surface area contributed by atoms with Crippen LogP contribution in [0.25, 0.3) is 10.9 Å². The van der Waals surface area contributed by atoms with E-state index in [1.807, 2.05) is 7.05 Å². The van der Waals surface area contributed by atoms with Crippen molar-refractivity contribution in [3.63, 3.8) is 0 Å². The normalized spacial score (nSPS) is 15.1. The summed E-state index contributed by atoms with van der Waals surface area (Å²) in [5, 5.41) is 4.19. The zero-order valence-electron chi connectivity index (χ0n) is 10.9. The maximum absolute atomic E-state index is 14.1. The van der Waals surface area contributed by atoms with Gasteiger partial charge in [-0.15, -0.1) is 0 Å². The molecule has 1 heterocycles. The third-order valence-corrected chi connectivity index (χ3v) is 4.12. The first kappa shape index (κ1) is 12.7. The number of fused-ring (bicyclic) bond motifs is 2. The van der Waals surface area contributed by atoms with E-state index < -0.39 is 0 Å². The van der Waals surface area contributed by atoms with Crippen LogP contribution in [-0.4, -0.2) is 12.0 Å². The van der Waals surface area contributed by atoms with Crippen LogP contribution in [0.3, 0.4) is 0 Å². The van der Waals surface area contributed by atoms with Crippen LogP contribution in [0.15, 0.2) is 12.1 Å². The first-order chi connectivity index (χ1) is 9.22. The fraction of sp³-hybridized carbons (Fsp3) is 0.400. The highest BCUT2D eigenvalue weighted by atomic mass is 35.5. The molecule has 1 aromatic carbocycles. The Morgan fingerprint density at radius 1 is 1.21 bits per heavy atom. The monoisotopic (exact) mass is 278 g/mol. The highest BCUT2D eigenvalue weighted by Gasteiger charge is 2.19. The lowest BCUT2D eigenvalue weighted by molar-refractivity contribution is 0.639. The average Bonchev–Trinajstić information content (AvgIpc) is 2.66. The van der Waals surface area contributed by atoms with Gasteiger partial charge in [0.05, 0.1) is 21.6 Å². The molecule has 2 aromatic rings. The molecule has 0 bridgehead atoms. The molecule has 0 spiro atoms. The van der Waals surface area contributed by atoms with Gasteiger partial charge in [0, 0.05) is 12.7 Å². The van der Waals surface area contributed by atoms with Gasteiger partial charge in [-0.1, -0.05) is 18.0 Å². The summed E-state index contributed by atoms with van der Waals surface area (Å²) in [5.74, 6) is -0.261. The first-order valence-corrected chi connectivity index (χ1v) is 7.07. The van der Waals surface area contributed by atoms with Crippen LogP contribution in [0.1, 0.15) is 30.5 Å². The summed E-state index contributed by atoms with van der Waals surface area (Å²) in [6, 6.07) is 2.99. The number of hydrogen-bond acceptors (Lipinski definition) is 2. The largest absolute Gasteiger partial charge is 0.387 e. The van der Waals surface area contributed by atoms with Crippen molar-refractivity contribution in [1.29, 1.82) is 0 Å². The van der Waals surface area contributed by atoms with Gasteiger partial charge in [0.1, 0.15) is 5.82 Å². The van der Waals surface area contributed by atoms with E-state index in [4.69, 9.17) is 11.6 Å². The molecule has 1 aliphatic rings. The Balaban J connectivity index is 2.39. The summed E-state index contributed by atoms with van der Waals surface area (Å²) in [4.78, 5) is 4.63. The highest BCUT2D eigenvalue weighted by molar-refractivity contribution is 6.35. The lowest BCUT2D eigenvalue weighted by Gasteiger charge is -2.16. The van der Waals surface area contributed by atoms with Crippen molar-refractivity contribution in [2.45, 2.75) is 32.1 Å². The molecule has 4 heteroatoms. The predicted molar refractivity (Wildman–Crippen MR) is 77.5 cm³/mol. The van der Waals surface area contributed by atoms with Gasteiger partial charge in [-0.25, -0.2) is 4.39 Å². The van der Waals surface area contributed by atoms with Gasteiger partial charge in [-0.05, 0) is 43.4 Å². The molecule has 100 valence electrons. The quantitative estimate of drug-likeness (QED) is 0.785. The number of aromatic nitrogens is 1. The van der Waals surface area contributed by atoms with E-state index in [9.17, 15) is 4.39 Å². The molecule has 1 aliphatic carbocycles. The molecule has 0 fully saturated rings. The van der Waals surface area contributed by atoms with Crippen LogP contribution in [0, 0.1) is 5.82 Å². The van der Waals surface area contributed by atoms with Crippen molar-refractivity contribution >= 4 is 28.2 Å². The molecule has 0 radical (unpaired) electrons. The maximum atomic E-state index is 14.1. The van der Waals surface area contributed by atoms with E-state index in [1.54, 1.807) is 6.07 Å². The molecule has 0 saturated heterocycles. The summed E-state index contributed by atoms with van der Waals surface area (Å²) in [6.07, 6.45) is 5.39. The molecule has 1 aromatic heterocycles. The highest BCUT2D eigenvalue weighted by Crippen LogP contribution is 2.36. The van der Waals surface area contributed by atoms with Crippen LogP contribution in [-0.2, 0) is 12.8 Å². The molecule has 0 atom stereocenters. The molecule has 0 unspecified atom stereocenters. The van der Waals surface area contributed by atoms with E-state index in [0.29, 0.717) is 15.9 Å². The Kier molecular flexibility index (Phi) is 3.31. The fourth-order valence-electron chi connectivity index (χ4n) is 2.91. The Hall–Kier alpha value is -1.35. The van der Waals surface area contributed by atoms with Crippen molar-refractivity contribution < 1.29 is 4.39 Å². The lowest BCUT2D eigenvalue weighted by atomic mass is 10.0. The zero-order chi connectivity index (χ0) is 13.4. The summed E-state index contributed by atoms with van der Waals surface area (Å²) >= 11 is 6.18. The summed E-state index contributed by atoms with van der Waals surface area (Å²) < 4.78 is 14.1. The van der Waals surface area contributed by atoms with Gasteiger partial charge in [-0.3, -0.25) is 4.98 Å². The molecule has 0 aliphatic heterocycles. The van der Waals surface area contributed by atoms with Crippen LogP contribution < -0.4 is 5.32 Å². The Morgan fingerprint density at radius 2 is 2.00 bits per heavy atom. The molecule has 19 heavy (non-hydrogen) atoms. The smallest absolute Gasteiger partial charge is 0.134 e. The number of anilines is 1. The van der Waals surface area contributed by atoms with E-state index in [1.165, 1.54) is 12.5 Å². The van der Waals surface area contributed by atoms with E-state index in [2.05, 4.69) is 10.3 Å². The summed E-state index contributed by atoms with van der Waals surface area (Å²) in [5.41, 5.74) is 3.67. The van der Waals surface area contributed by atoms with Crippen molar-refractivity contribution in [1.82, 2.24) is 4.98 Å². The summed E-state index contributed by atoms with van der Waals surface area (Å²) in [7, 11) is 1.83. The average molecular weight is 279 g/mol. The molecular weight excluding hydrogens is 263 g/mol. The van der Waals surface area contributed by atoms with Crippen molar-refractivity contribution in [3.8, 4) is 0 Å². The minimum atomic E-state index is -0.261. The second kappa shape index (κ2) is 4.97. The van der Waals surface area contributed by atoms with Crippen molar-refractivity contribution in [3.05, 3.63) is 34.2 Å². The number of hydrogen-bond donors (Lipinski definition) is 1. The third kappa shape index (κ3) is 2.06. The topological polar surface area (TPSA) is 24.9 Å². The molecular formula is C15H16ClFN2. The number of aryl methyl sites for hydroxylation is 1. The van der Waals surface area contributed by atoms with Gasteiger partial charge in [0.25, 0.3) is 0 Å². The van der Waals surface area contributed by atoms with Crippen LogP contribution in [0.4, 0.5) is 10.1 Å². The molecule has 1 N–H and O–H groups in total. The predicted octanol–water partition coefficient (Wildman–Crippen LogP) is 4.34. The Labute approximate surface area is 117 Å². The number of nitrogens with one attached hydrogen (secondary N) is 1. The second-order valence-electron chi connectivity index (χ2n) is 4.98. The van der Waals surface area contributed by atoms with E-state index >= 15 is 0 Å². The Bertz CT molecular complexity index is 640. The fourth-order valence-corrected chi connectivity index (χ4v) is 3.11. The lowest BCUT2D eigenvalue weighted by Crippen LogP contribution is -2.05. The zero-order valence-corrected chi connectivity index (χ0v) is 11.6. The Morgan fingerprint density at radius 3 is 2.79 bits per heavy atom. The SMILES string of the molecule is CNc1c2c(nc3c(Cl)ccc(F)c13)CCCCC2. The van der Waals surface area contributed by atoms with Gasteiger partial charge in [-0.2, -0.15) is 0 Å². The van der Waals surface area contributed by atoms with Crippen LogP contribution in [0.5, 0.6) is 0 Å². The van der Waals surface area contributed by atoms with Gasteiger partial charge < -0.3 is 5.32 Å². The molecule has 3 rings (SSSR count). The van der Waals surface area contributed by atoms with E-state index in [0.717, 1.165) is 42.6 Å². The number of pyridine rings is 1. The van der Waals surface area contributed by atoms with Crippen molar-refractivity contribution in [2.75, 3.05) is 12.4 Å². The second-order valence-corrected chi connectivity index (χ2v) is 5.38. The van der Waals surface area contributed by atoms with E-state index in [-0.39, 0.29) is 5.82 Å². The maximum Gasteiger partial charge on any atom is 0.134 e. The van der Waals surface area contributed by atoms with Crippen molar-refractivity contribution in [2.24, 2.45) is 0 Å². The molecule has 0 saturated carbocycles. The van der Waals surface area contributed by atoms with Crippen LogP contribution in [0.2, 0.25) is 5.02 Å². The minimum Gasteiger partial charge on any atom is -0.387 e. The van der Waals surface area contributed by atoms with Gasteiger partial charge in [0.15, 0.2) is 0 Å². The third-order valence-electron chi connectivity index (χ3n) is 3.82. The number of nitrogens with zero attached hydrogens (tertiary/aromatic N) is 1. The first-order valence-electron chi connectivity index (χ1n) is 6.69. The summed E-state index contributed by atoms with van der Waals surface area (Å²) in [6.45, 7) is 0. The van der Waals surface area contributed by atoms with Gasteiger partial charge in [0.2, 0.25) is 0 Å².